The van der Waals surface area contributed by atoms with Crippen LogP contribution in [0.5, 0.6) is 5.75 Å². The average molecular weight is 407 g/mol. The lowest BCUT2D eigenvalue weighted by Crippen LogP contribution is -2.36. The summed E-state index contributed by atoms with van der Waals surface area (Å²) in [5.74, 6) is 0.542. The minimum atomic E-state index is -0.0267. The Bertz CT molecular complexity index is 744. The lowest BCUT2D eigenvalue weighted by molar-refractivity contribution is -0.132. The van der Waals surface area contributed by atoms with Crippen molar-refractivity contribution in [3.63, 3.8) is 0 Å². The number of aromatic nitrogens is 1. The van der Waals surface area contributed by atoms with Gasteiger partial charge in [0.2, 0.25) is 0 Å². The van der Waals surface area contributed by atoms with Gasteiger partial charge < -0.3 is 15.4 Å². The Labute approximate surface area is 164 Å². The maximum atomic E-state index is 12.3. The minimum Gasteiger partial charge on any atom is -0.481 e. The van der Waals surface area contributed by atoms with E-state index in [-0.39, 0.29) is 42.7 Å². The first-order chi connectivity index (χ1) is 11.0. The van der Waals surface area contributed by atoms with Gasteiger partial charge in [0.1, 0.15) is 11.3 Å². The van der Waals surface area contributed by atoms with E-state index in [0.29, 0.717) is 29.4 Å². The normalized spacial score (nSPS) is 19.2. The van der Waals surface area contributed by atoms with E-state index in [4.69, 9.17) is 22.1 Å². The molecule has 1 aromatic heterocycles. The summed E-state index contributed by atoms with van der Waals surface area (Å²) < 4.78 is 5.71. The van der Waals surface area contributed by atoms with Crippen molar-refractivity contribution >= 4 is 53.2 Å². The van der Waals surface area contributed by atoms with Gasteiger partial charge in [-0.05, 0) is 42.6 Å². The van der Waals surface area contributed by atoms with Gasteiger partial charge in [0.15, 0.2) is 6.61 Å². The van der Waals surface area contributed by atoms with E-state index < -0.39 is 0 Å². The predicted octanol–water partition coefficient (Wildman–Crippen LogP) is 3.31. The zero-order chi connectivity index (χ0) is 16.4. The molecule has 1 fully saturated rings. The van der Waals surface area contributed by atoms with E-state index in [1.807, 2.05) is 17.0 Å². The number of benzene rings is 1. The fraction of sp³-hybridized carbons (Fsp3) is 0.412. The highest BCUT2D eigenvalue weighted by Crippen LogP contribution is 2.30. The zero-order valence-electron chi connectivity index (χ0n) is 13.9. The average Bonchev–Trinajstić information content (AvgIpc) is 2.97. The molecule has 1 aliphatic heterocycles. The molecule has 2 heterocycles. The summed E-state index contributed by atoms with van der Waals surface area (Å²) in [6, 6.07) is 7.21. The molecule has 1 amide bonds. The number of carbonyl (C=O) groups excluding carboxylic acids is 1. The maximum absolute atomic E-state index is 12.3. The van der Waals surface area contributed by atoms with Gasteiger partial charge in [0, 0.05) is 24.7 Å². The minimum absolute atomic E-state index is 0. The molecule has 2 N–H and O–H groups in total. The molecule has 0 radical (unpaired) electrons. The van der Waals surface area contributed by atoms with Crippen LogP contribution in [-0.4, -0.2) is 42.0 Å². The summed E-state index contributed by atoms with van der Waals surface area (Å²) in [4.78, 5) is 18.5. The number of nitrogens with two attached hydrogens (primary N) is 1. The molecule has 2 aromatic rings. The molecule has 5 nitrogen and oxygen atoms in total. The first-order valence-electron chi connectivity index (χ1n) is 7.66. The highest BCUT2D eigenvalue weighted by molar-refractivity contribution is 6.35. The molecule has 0 spiro atoms. The van der Waals surface area contributed by atoms with Gasteiger partial charge in [-0.15, -0.1) is 24.8 Å². The Kier molecular flexibility index (Phi) is 7.75. The number of likely N-dealkylation sites (tertiary alicyclic amines) is 1. The summed E-state index contributed by atoms with van der Waals surface area (Å²) in [6.45, 7) is 4.11. The van der Waals surface area contributed by atoms with Crippen LogP contribution < -0.4 is 10.5 Å². The van der Waals surface area contributed by atoms with E-state index in [0.717, 1.165) is 18.4 Å². The van der Waals surface area contributed by atoms with Crippen LogP contribution in [0.2, 0.25) is 5.02 Å². The van der Waals surface area contributed by atoms with Crippen molar-refractivity contribution in [2.24, 2.45) is 11.1 Å². The number of pyridine rings is 1. The quantitative estimate of drug-likeness (QED) is 0.846. The van der Waals surface area contributed by atoms with Crippen LogP contribution in [0.3, 0.4) is 0 Å². The summed E-state index contributed by atoms with van der Waals surface area (Å²) in [5, 5.41) is 1.43. The highest BCUT2D eigenvalue weighted by atomic mass is 35.5. The van der Waals surface area contributed by atoms with Crippen molar-refractivity contribution < 1.29 is 9.53 Å². The first-order valence-corrected chi connectivity index (χ1v) is 8.04. The Balaban J connectivity index is 0.00000156. The zero-order valence-corrected chi connectivity index (χ0v) is 16.3. The fourth-order valence-electron chi connectivity index (χ4n) is 2.86. The summed E-state index contributed by atoms with van der Waals surface area (Å²) in [7, 11) is 0. The van der Waals surface area contributed by atoms with Crippen molar-refractivity contribution in [3.8, 4) is 5.75 Å². The topological polar surface area (TPSA) is 68.5 Å². The van der Waals surface area contributed by atoms with Crippen molar-refractivity contribution in [1.82, 2.24) is 9.88 Å². The maximum Gasteiger partial charge on any atom is 0.260 e. The predicted molar refractivity (Wildman–Crippen MR) is 105 cm³/mol. The van der Waals surface area contributed by atoms with Crippen LogP contribution in [0.1, 0.15) is 13.3 Å². The van der Waals surface area contributed by atoms with Crippen molar-refractivity contribution in [2.45, 2.75) is 13.3 Å². The molecule has 0 saturated carbocycles. The number of halogens is 3. The number of hydrogen-bond acceptors (Lipinski definition) is 4. The number of hydrogen-bond donors (Lipinski definition) is 1. The SMILES string of the molecule is CC1(CN)CCN(C(=O)COc2ccc(Cl)c3cccnc23)C1.Cl.Cl. The molecule has 1 aromatic carbocycles. The van der Waals surface area contributed by atoms with Crippen molar-refractivity contribution in [1.29, 1.82) is 0 Å². The lowest BCUT2D eigenvalue weighted by atomic mass is 9.90. The number of nitrogens with zero attached hydrogens (tertiary/aromatic N) is 2. The Morgan fingerprint density at radius 3 is 2.84 bits per heavy atom. The van der Waals surface area contributed by atoms with E-state index in [1.165, 1.54) is 0 Å². The summed E-state index contributed by atoms with van der Waals surface area (Å²) in [6.07, 6.45) is 2.61. The molecule has 1 aliphatic rings. The molecular weight excluding hydrogens is 385 g/mol. The molecule has 25 heavy (non-hydrogen) atoms. The van der Waals surface area contributed by atoms with Gasteiger partial charge in [0.25, 0.3) is 5.91 Å². The Hall–Kier alpha value is -1.27. The molecule has 3 rings (SSSR count). The third kappa shape index (κ3) is 4.67. The Morgan fingerprint density at radius 2 is 2.16 bits per heavy atom. The fourth-order valence-corrected chi connectivity index (χ4v) is 3.08. The van der Waals surface area contributed by atoms with Crippen LogP contribution in [0.15, 0.2) is 30.5 Å². The lowest BCUT2D eigenvalue weighted by Gasteiger charge is -2.22. The second-order valence-electron chi connectivity index (χ2n) is 6.31. The number of fused-ring (bicyclic) bond motifs is 1. The number of amides is 1. The largest absolute Gasteiger partial charge is 0.481 e. The van der Waals surface area contributed by atoms with Gasteiger partial charge in [0.05, 0.1) is 5.02 Å². The highest BCUT2D eigenvalue weighted by Gasteiger charge is 2.34. The van der Waals surface area contributed by atoms with Gasteiger partial charge in [-0.3, -0.25) is 9.78 Å². The first kappa shape index (κ1) is 21.8. The molecule has 0 aliphatic carbocycles. The van der Waals surface area contributed by atoms with Crippen LogP contribution >= 0.6 is 36.4 Å². The molecular formula is C17H22Cl3N3O2. The molecule has 8 heteroatoms. The van der Waals surface area contributed by atoms with Crippen LogP contribution in [-0.2, 0) is 4.79 Å². The van der Waals surface area contributed by atoms with E-state index in [2.05, 4.69) is 11.9 Å². The van der Waals surface area contributed by atoms with Gasteiger partial charge in [-0.1, -0.05) is 18.5 Å². The standard InChI is InChI=1S/C17H20ClN3O2.2ClH/c1-17(10-19)6-8-21(11-17)15(22)9-23-14-5-4-13(18)12-3-2-7-20-16(12)14;;/h2-5,7H,6,8-11,19H2,1H3;2*1H. The third-order valence-electron chi connectivity index (χ3n) is 4.43. The monoisotopic (exact) mass is 405 g/mol. The van der Waals surface area contributed by atoms with Gasteiger partial charge >= 0.3 is 0 Å². The van der Waals surface area contributed by atoms with Crippen molar-refractivity contribution in [2.75, 3.05) is 26.2 Å². The molecule has 1 saturated heterocycles. The van der Waals surface area contributed by atoms with Crippen LogP contribution in [0.4, 0.5) is 0 Å². The summed E-state index contributed by atoms with van der Waals surface area (Å²) >= 11 is 6.16. The number of ether oxygens (including phenoxy) is 1. The Morgan fingerprint density at radius 1 is 1.40 bits per heavy atom. The second-order valence-corrected chi connectivity index (χ2v) is 6.72. The van der Waals surface area contributed by atoms with E-state index >= 15 is 0 Å². The van der Waals surface area contributed by atoms with E-state index in [9.17, 15) is 4.79 Å². The molecule has 0 bridgehead atoms. The van der Waals surface area contributed by atoms with Crippen LogP contribution in [0.25, 0.3) is 10.9 Å². The smallest absolute Gasteiger partial charge is 0.260 e. The summed E-state index contributed by atoms with van der Waals surface area (Å²) in [5.41, 5.74) is 6.47. The molecule has 1 unspecified atom stereocenters. The number of rotatable bonds is 4. The van der Waals surface area contributed by atoms with Gasteiger partial charge in [-0.2, -0.15) is 0 Å². The number of carbonyl (C=O) groups is 1. The molecule has 1 atom stereocenters. The molecule has 138 valence electrons. The van der Waals surface area contributed by atoms with Crippen molar-refractivity contribution in [3.05, 3.63) is 35.5 Å². The second kappa shape index (κ2) is 8.90. The van der Waals surface area contributed by atoms with E-state index in [1.54, 1.807) is 18.3 Å². The van der Waals surface area contributed by atoms with Gasteiger partial charge in [-0.25, -0.2) is 0 Å². The third-order valence-corrected chi connectivity index (χ3v) is 4.76. The van der Waals surface area contributed by atoms with Crippen LogP contribution in [0, 0.1) is 5.41 Å².